The van der Waals surface area contributed by atoms with Crippen LogP contribution < -0.4 is 4.74 Å². The van der Waals surface area contributed by atoms with Crippen LogP contribution in [0.2, 0.25) is 5.02 Å². The van der Waals surface area contributed by atoms with E-state index in [0.717, 1.165) is 5.56 Å². The molecule has 2 nitrogen and oxygen atoms in total. The lowest BCUT2D eigenvalue weighted by Crippen LogP contribution is -2.04. The second-order valence-electron chi connectivity index (χ2n) is 2.83. The maximum atomic E-state index is 11.5. The number of methoxy groups -OCH3 is 1. The van der Waals surface area contributed by atoms with Crippen LogP contribution in [0.1, 0.15) is 15.9 Å². The monoisotopic (exact) mass is 276 g/mol. The molecule has 76 valence electrons. The molecule has 4 heteroatoms. The fourth-order valence-corrected chi connectivity index (χ4v) is 1.69. The quantitative estimate of drug-likeness (QED) is 0.626. The number of alkyl halides is 1. The molecule has 0 atom stereocenters. The van der Waals surface area contributed by atoms with E-state index in [9.17, 15) is 4.79 Å². The van der Waals surface area contributed by atoms with Gasteiger partial charge >= 0.3 is 0 Å². The number of rotatable bonds is 3. The lowest BCUT2D eigenvalue weighted by atomic mass is 10.1. The number of benzene rings is 1. The zero-order valence-electron chi connectivity index (χ0n) is 7.93. The van der Waals surface area contributed by atoms with Crippen molar-refractivity contribution in [3.05, 3.63) is 28.3 Å². The molecular formula is C10H10BrClO2. The maximum absolute atomic E-state index is 11.5. The molecule has 0 amide bonds. The minimum atomic E-state index is -0.0382. The number of aryl methyl sites for hydroxylation is 1. The molecule has 0 aliphatic heterocycles. The number of Topliss-reactive ketones (excluding diaryl/α,β-unsaturated/α-hetero) is 1. The first kappa shape index (κ1) is 11.5. The van der Waals surface area contributed by atoms with Gasteiger partial charge in [-0.2, -0.15) is 0 Å². The lowest BCUT2D eigenvalue weighted by Gasteiger charge is -2.10. The van der Waals surface area contributed by atoms with E-state index in [1.54, 1.807) is 12.1 Å². The van der Waals surface area contributed by atoms with Crippen molar-refractivity contribution in [3.8, 4) is 5.75 Å². The minimum absolute atomic E-state index is 0.0382. The van der Waals surface area contributed by atoms with Crippen LogP contribution >= 0.6 is 27.5 Å². The van der Waals surface area contributed by atoms with Crippen molar-refractivity contribution in [1.82, 2.24) is 0 Å². The van der Waals surface area contributed by atoms with E-state index in [4.69, 9.17) is 16.3 Å². The highest BCUT2D eigenvalue weighted by Crippen LogP contribution is 2.32. The Balaban J connectivity index is 3.31. The van der Waals surface area contributed by atoms with Crippen LogP contribution in [-0.4, -0.2) is 18.2 Å². The first-order valence-electron chi connectivity index (χ1n) is 4.04. The van der Waals surface area contributed by atoms with E-state index >= 15 is 0 Å². The summed E-state index contributed by atoms with van der Waals surface area (Å²) < 4.78 is 5.11. The van der Waals surface area contributed by atoms with Crippen LogP contribution in [0.5, 0.6) is 5.75 Å². The molecule has 1 rings (SSSR count). The van der Waals surface area contributed by atoms with Crippen LogP contribution in [0.25, 0.3) is 0 Å². The Kier molecular flexibility index (Phi) is 3.96. The highest BCUT2D eigenvalue weighted by atomic mass is 79.9. The van der Waals surface area contributed by atoms with Gasteiger partial charge in [0, 0.05) is 0 Å². The summed E-state index contributed by atoms with van der Waals surface area (Å²) >= 11 is 9.12. The average molecular weight is 278 g/mol. The normalized spacial score (nSPS) is 10.0. The molecule has 0 unspecified atom stereocenters. The predicted molar refractivity (Wildman–Crippen MR) is 60.9 cm³/mol. The summed E-state index contributed by atoms with van der Waals surface area (Å²) in [5.41, 5.74) is 1.41. The van der Waals surface area contributed by atoms with Gasteiger partial charge in [0.25, 0.3) is 0 Å². The molecule has 0 fully saturated rings. The lowest BCUT2D eigenvalue weighted by molar-refractivity contribution is 0.102. The molecule has 0 saturated carbocycles. The zero-order chi connectivity index (χ0) is 10.7. The maximum Gasteiger partial charge on any atom is 0.177 e. The smallest absolute Gasteiger partial charge is 0.177 e. The third kappa shape index (κ3) is 2.10. The Morgan fingerprint density at radius 2 is 2.21 bits per heavy atom. The first-order valence-corrected chi connectivity index (χ1v) is 5.54. The molecular weight excluding hydrogens is 267 g/mol. The topological polar surface area (TPSA) is 26.3 Å². The summed E-state index contributed by atoms with van der Waals surface area (Å²) in [7, 11) is 1.51. The fourth-order valence-electron chi connectivity index (χ4n) is 1.15. The first-order chi connectivity index (χ1) is 6.61. The molecule has 1 aromatic rings. The van der Waals surface area contributed by atoms with Crippen molar-refractivity contribution in [2.45, 2.75) is 6.92 Å². The molecule has 0 radical (unpaired) electrons. The van der Waals surface area contributed by atoms with Crippen molar-refractivity contribution in [3.63, 3.8) is 0 Å². The summed E-state index contributed by atoms with van der Waals surface area (Å²) in [6.07, 6.45) is 0. The predicted octanol–water partition coefficient (Wildman–Crippen LogP) is 3.23. The van der Waals surface area contributed by atoms with Gasteiger partial charge in [-0.25, -0.2) is 0 Å². The number of halogens is 2. The van der Waals surface area contributed by atoms with Gasteiger partial charge in [-0.3, -0.25) is 4.79 Å². The summed E-state index contributed by atoms with van der Waals surface area (Å²) in [6, 6.07) is 3.53. The number of ketones is 1. The molecule has 1 aromatic carbocycles. The van der Waals surface area contributed by atoms with Crippen LogP contribution in [0.4, 0.5) is 0 Å². The largest absolute Gasteiger partial charge is 0.494 e. The van der Waals surface area contributed by atoms with Gasteiger partial charge in [0.15, 0.2) is 5.78 Å². The Hall–Kier alpha value is -0.540. The van der Waals surface area contributed by atoms with Gasteiger partial charge < -0.3 is 4.74 Å². The Labute approximate surface area is 96.3 Å². The van der Waals surface area contributed by atoms with Crippen LogP contribution in [0.15, 0.2) is 12.1 Å². The number of ether oxygens (including phenoxy) is 1. The van der Waals surface area contributed by atoms with Crippen molar-refractivity contribution < 1.29 is 9.53 Å². The number of hydrogen-bond donors (Lipinski definition) is 0. The molecule has 0 aromatic heterocycles. The molecule has 0 aliphatic carbocycles. The molecule has 0 bridgehead atoms. The van der Waals surface area contributed by atoms with E-state index in [0.29, 0.717) is 16.3 Å². The SMILES string of the molecule is COc1c(C(=O)CBr)ccc(C)c1Cl. The van der Waals surface area contributed by atoms with Crippen molar-refractivity contribution in [2.75, 3.05) is 12.4 Å². The highest BCUT2D eigenvalue weighted by Gasteiger charge is 2.15. The third-order valence-corrected chi connectivity index (χ3v) is 2.90. The second-order valence-corrected chi connectivity index (χ2v) is 3.77. The van der Waals surface area contributed by atoms with Gasteiger partial charge in [-0.05, 0) is 18.6 Å². The molecule has 0 N–H and O–H groups in total. The summed E-state index contributed by atoms with van der Waals surface area (Å²) in [5.74, 6) is 0.417. The molecule has 0 spiro atoms. The van der Waals surface area contributed by atoms with Crippen LogP contribution in [0, 0.1) is 6.92 Å². The highest BCUT2D eigenvalue weighted by molar-refractivity contribution is 9.09. The van der Waals surface area contributed by atoms with Crippen molar-refractivity contribution in [1.29, 1.82) is 0 Å². The Bertz CT molecular complexity index is 363. The van der Waals surface area contributed by atoms with E-state index in [1.807, 2.05) is 6.92 Å². The van der Waals surface area contributed by atoms with Crippen molar-refractivity contribution >= 4 is 33.3 Å². The Morgan fingerprint density at radius 3 is 2.71 bits per heavy atom. The standard InChI is InChI=1S/C10H10BrClO2/c1-6-3-4-7(8(13)5-11)10(14-2)9(6)12/h3-4H,5H2,1-2H3. The number of carbonyl (C=O) groups is 1. The van der Waals surface area contributed by atoms with Crippen molar-refractivity contribution in [2.24, 2.45) is 0 Å². The van der Waals surface area contributed by atoms with Gasteiger partial charge in [0.1, 0.15) is 5.75 Å². The average Bonchev–Trinajstić information content (AvgIpc) is 2.20. The van der Waals surface area contributed by atoms with Gasteiger partial charge in [0.05, 0.1) is 23.0 Å². The summed E-state index contributed by atoms with van der Waals surface area (Å²) in [5, 5.41) is 0.766. The second kappa shape index (κ2) is 4.80. The molecule has 0 saturated heterocycles. The number of carbonyl (C=O) groups excluding carboxylic acids is 1. The fraction of sp³-hybridized carbons (Fsp3) is 0.300. The van der Waals surface area contributed by atoms with Gasteiger partial charge in [-0.15, -0.1) is 0 Å². The molecule has 14 heavy (non-hydrogen) atoms. The third-order valence-electron chi connectivity index (χ3n) is 1.92. The van der Waals surface area contributed by atoms with Crippen LogP contribution in [-0.2, 0) is 0 Å². The van der Waals surface area contributed by atoms with Crippen LogP contribution in [0.3, 0.4) is 0 Å². The summed E-state index contributed by atoms with van der Waals surface area (Å²) in [6.45, 7) is 1.87. The van der Waals surface area contributed by atoms with E-state index in [1.165, 1.54) is 7.11 Å². The molecule has 0 aliphatic rings. The van der Waals surface area contributed by atoms with E-state index in [2.05, 4.69) is 15.9 Å². The minimum Gasteiger partial charge on any atom is -0.494 e. The Morgan fingerprint density at radius 1 is 1.57 bits per heavy atom. The summed E-state index contributed by atoms with van der Waals surface area (Å²) in [4.78, 5) is 11.5. The van der Waals surface area contributed by atoms with E-state index < -0.39 is 0 Å². The van der Waals surface area contributed by atoms with Gasteiger partial charge in [-0.1, -0.05) is 33.6 Å². The van der Waals surface area contributed by atoms with Gasteiger partial charge in [0.2, 0.25) is 0 Å². The van der Waals surface area contributed by atoms with E-state index in [-0.39, 0.29) is 11.1 Å². The zero-order valence-corrected chi connectivity index (χ0v) is 10.3. The number of hydrogen-bond acceptors (Lipinski definition) is 2. The molecule has 0 heterocycles.